The van der Waals surface area contributed by atoms with Crippen molar-refractivity contribution in [1.29, 1.82) is 0 Å². The molecule has 2 nitrogen and oxygen atoms in total. The predicted octanol–water partition coefficient (Wildman–Crippen LogP) is 3.81. The highest BCUT2D eigenvalue weighted by atomic mass is 32.2. The summed E-state index contributed by atoms with van der Waals surface area (Å²) >= 11 is 0. The van der Waals surface area contributed by atoms with Gasteiger partial charge >= 0.3 is 0 Å². The van der Waals surface area contributed by atoms with Crippen LogP contribution in [0.3, 0.4) is 0 Å². The molecule has 0 aromatic rings. The molecule has 1 aliphatic carbocycles. The van der Waals surface area contributed by atoms with E-state index in [1.54, 1.807) is 0 Å². The Bertz CT molecular complexity index is 212. The van der Waals surface area contributed by atoms with E-state index in [1.165, 1.54) is 0 Å². The fourth-order valence-corrected chi connectivity index (χ4v) is 2.61. The molecule has 3 heteroatoms. The van der Waals surface area contributed by atoms with Gasteiger partial charge in [0, 0.05) is 0 Å². The lowest BCUT2D eigenvalue weighted by atomic mass is 9.91. The summed E-state index contributed by atoms with van der Waals surface area (Å²) in [6, 6.07) is 0. The summed E-state index contributed by atoms with van der Waals surface area (Å²) in [5, 5.41) is -0.0429. The maximum absolute atomic E-state index is 11.1. The molecule has 0 spiro atoms. The van der Waals surface area contributed by atoms with Crippen molar-refractivity contribution in [3.05, 3.63) is 0 Å². The van der Waals surface area contributed by atoms with Crippen LogP contribution in [0, 0.1) is 5.92 Å². The van der Waals surface area contributed by atoms with Crippen LogP contribution in [0.5, 0.6) is 0 Å². The maximum Gasteiger partial charge on any atom is 0.0775 e. The molecule has 0 saturated heterocycles. The monoisotopic (exact) mass is 236 g/mol. The first-order chi connectivity index (χ1) is 7.00. The number of hydrogen-bond acceptors (Lipinski definition) is 1. The molecule has 0 radical (unpaired) electrons. The van der Waals surface area contributed by atoms with Crippen molar-refractivity contribution in [1.82, 2.24) is 0 Å². The molecule has 1 fully saturated rings. The Morgan fingerprint density at radius 1 is 1.07 bits per heavy atom. The van der Waals surface area contributed by atoms with Gasteiger partial charge in [-0.1, -0.05) is 34.6 Å². The van der Waals surface area contributed by atoms with Gasteiger partial charge in [0.25, 0.3) is 0 Å². The van der Waals surface area contributed by atoms with Crippen molar-refractivity contribution in [2.24, 2.45) is 5.92 Å². The van der Waals surface area contributed by atoms with E-state index in [0.29, 0.717) is 0 Å². The summed E-state index contributed by atoms with van der Waals surface area (Å²) in [7, 11) is -2.75. The van der Waals surface area contributed by atoms with Gasteiger partial charge in [0.15, 0.2) is 0 Å². The molecular formula is C12H28O2S. The lowest BCUT2D eigenvalue weighted by Gasteiger charge is -2.25. The second kappa shape index (κ2) is 9.22. The summed E-state index contributed by atoms with van der Waals surface area (Å²) in [6.07, 6.45) is 3.91. The van der Waals surface area contributed by atoms with Gasteiger partial charge in [0.2, 0.25) is 0 Å². The molecule has 0 amide bonds. The van der Waals surface area contributed by atoms with E-state index in [9.17, 15) is 4.21 Å². The lowest BCUT2D eigenvalue weighted by molar-refractivity contribution is 0.378. The van der Waals surface area contributed by atoms with Crippen LogP contribution in [0.2, 0.25) is 0 Å². The van der Waals surface area contributed by atoms with Crippen LogP contribution in [0.4, 0.5) is 0 Å². The second-order valence-electron chi connectivity index (χ2n) is 3.57. The smallest absolute Gasteiger partial charge is 0.0775 e. The molecule has 1 unspecified atom stereocenters. The zero-order chi connectivity index (χ0) is 12.5. The van der Waals surface area contributed by atoms with E-state index in [4.69, 9.17) is 4.55 Å². The molecule has 0 aromatic carbocycles. The van der Waals surface area contributed by atoms with Crippen LogP contribution in [0.15, 0.2) is 0 Å². The van der Waals surface area contributed by atoms with Gasteiger partial charge < -0.3 is 4.55 Å². The molecule has 1 aliphatic rings. The van der Waals surface area contributed by atoms with E-state index in [-0.39, 0.29) is 5.25 Å². The van der Waals surface area contributed by atoms with Gasteiger partial charge in [-0.2, -0.15) is 0 Å². The van der Waals surface area contributed by atoms with Gasteiger partial charge in [-0.05, 0) is 37.5 Å². The zero-order valence-electron chi connectivity index (χ0n) is 11.0. The van der Waals surface area contributed by atoms with Gasteiger partial charge in [0.05, 0.1) is 15.1 Å². The van der Waals surface area contributed by atoms with Crippen LogP contribution in [-0.2, 0) is 9.80 Å². The molecule has 0 aliphatic heterocycles. The molecule has 1 atom stereocenters. The lowest BCUT2D eigenvalue weighted by Crippen LogP contribution is -2.25. The molecule has 94 valence electrons. The Kier molecular flexibility index (Phi) is 10.7. The normalized spacial score (nSPS) is 28.7. The van der Waals surface area contributed by atoms with Crippen molar-refractivity contribution in [3.63, 3.8) is 0 Å². The predicted molar refractivity (Wildman–Crippen MR) is 72.0 cm³/mol. The Morgan fingerprint density at radius 2 is 1.40 bits per heavy atom. The largest absolute Gasteiger partial charge is 0.314 e. The third-order valence-corrected chi connectivity index (χ3v) is 4.00. The minimum atomic E-state index is -2.75. The summed E-state index contributed by atoms with van der Waals surface area (Å²) < 4.78 is 20.2. The highest BCUT2D eigenvalue weighted by Gasteiger charge is 2.23. The first kappa shape index (κ1) is 17.4. The summed E-state index contributed by atoms with van der Waals surface area (Å²) in [6.45, 7) is 10.2. The van der Waals surface area contributed by atoms with Crippen molar-refractivity contribution in [2.45, 2.75) is 65.6 Å². The van der Waals surface area contributed by atoms with Crippen molar-refractivity contribution in [2.75, 3.05) is 0 Å². The molecule has 0 heterocycles. The van der Waals surface area contributed by atoms with Crippen molar-refractivity contribution in [3.8, 4) is 0 Å². The third kappa shape index (κ3) is 7.86. The highest BCUT2D eigenvalue weighted by molar-refractivity contribution is 7.95. The summed E-state index contributed by atoms with van der Waals surface area (Å²) in [5.74, 6) is 4.03. The summed E-state index contributed by atoms with van der Waals surface area (Å²) in [5.41, 5.74) is 0. The van der Waals surface area contributed by atoms with Crippen molar-refractivity contribution >= 4 is 15.7 Å². The number of rotatable bonds is 1. The quantitative estimate of drug-likeness (QED) is 0.703. The van der Waals surface area contributed by atoms with Crippen LogP contribution in [0.1, 0.15) is 60.3 Å². The third-order valence-electron chi connectivity index (χ3n) is 2.48. The van der Waals surface area contributed by atoms with Gasteiger partial charge in [0.1, 0.15) is 0 Å². The minimum Gasteiger partial charge on any atom is -0.314 e. The fraction of sp³-hybridized carbons (Fsp3) is 0.917. The topological polar surface area (TPSA) is 37.3 Å². The molecule has 1 saturated carbocycles. The Hall–Kier alpha value is -0.0200. The van der Waals surface area contributed by atoms with Gasteiger partial charge in [-0.15, -0.1) is 0 Å². The Balaban J connectivity index is 0. The first-order valence-electron chi connectivity index (χ1n) is 6.08. The average molecular weight is 236 g/mol. The Labute approximate surface area is 96.3 Å². The molecule has 0 aromatic heterocycles. The molecule has 1 N–H and O–H groups in total. The van der Waals surface area contributed by atoms with Crippen LogP contribution in [-0.4, -0.2) is 19.9 Å². The minimum absolute atomic E-state index is 0.0429. The van der Waals surface area contributed by atoms with E-state index < -0.39 is 9.80 Å². The zero-order valence-corrected chi connectivity index (χ0v) is 11.8. The van der Waals surface area contributed by atoms with E-state index >= 15 is 0 Å². The molecule has 1 rings (SSSR count). The van der Waals surface area contributed by atoms with Crippen LogP contribution >= 0.6 is 0 Å². The second-order valence-corrected chi connectivity index (χ2v) is 5.62. The number of hydrogen-bond donors (Lipinski definition) is 1. The molecular weight excluding hydrogens is 208 g/mol. The highest BCUT2D eigenvalue weighted by Crippen LogP contribution is 2.27. The van der Waals surface area contributed by atoms with Crippen molar-refractivity contribution < 1.29 is 8.76 Å². The maximum atomic E-state index is 11.1. The van der Waals surface area contributed by atoms with Crippen LogP contribution in [0.25, 0.3) is 0 Å². The van der Waals surface area contributed by atoms with Gasteiger partial charge in [-0.25, -0.2) is 4.21 Å². The Morgan fingerprint density at radius 3 is 1.67 bits per heavy atom. The van der Waals surface area contributed by atoms with Gasteiger partial charge in [-0.3, -0.25) is 0 Å². The first-order valence-corrected chi connectivity index (χ1v) is 7.83. The molecule has 0 bridgehead atoms. The molecule has 15 heavy (non-hydrogen) atoms. The average Bonchev–Trinajstić information content (AvgIpc) is 2.23. The van der Waals surface area contributed by atoms with Crippen LogP contribution < -0.4 is 0 Å². The summed E-state index contributed by atoms with van der Waals surface area (Å²) in [4.78, 5) is 0. The van der Waals surface area contributed by atoms with E-state index in [2.05, 4.69) is 12.8 Å². The van der Waals surface area contributed by atoms with E-state index in [0.717, 1.165) is 31.6 Å². The van der Waals surface area contributed by atoms with E-state index in [1.807, 2.05) is 27.7 Å². The standard InChI is InChI=1S/C8H16O2S.2C2H6/c1-7-3-5-8(6-4-7)11(2,9)10;2*1-2/h7-8H,2-6H2,1H3,(H,9,10);2*1-2H3. The SMILES string of the molecule is C=S(=O)(O)C1CCC(C)CC1.CC.CC. The fourth-order valence-electron chi connectivity index (χ4n) is 1.60.